The molecule has 1 aliphatic carbocycles. The van der Waals surface area contributed by atoms with Crippen molar-refractivity contribution in [1.82, 2.24) is 9.88 Å². The number of hydrogen-bond donors (Lipinski definition) is 0. The van der Waals surface area contributed by atoms with Crippen molar-refractivity contribution in [3.63, 3.8) is 0 Å². The van der Waals surface area contributed by atoms with Gasteiger partial charge >= 0.3 is 0 Å². The molecule has 0 spiro atoms. The normalized spacial score (nSPS) is 30.1. The van der Waals surface area contributed by atoms with E-state index in [9.17, 15) is 4.79 Å². The minimum Gasteiger partial charge on any atom is -0.477 e. The minimum absolute atomic E-state index is 0.122. The molecule has 0 radical (unpaired) electrons. The number of amides is 1. The molecule has 0 unspecified atom stereocenters. The zero-order valence-electron chi connectivity index (χ0n) is 14.5. The molecular formula is C19H26N2O4. The molecule has 0 bridgehead atoms. The Bertz CT molecular complexity index is 576. The van der Waals surface area contributed by atoms with E-state index in [2.05, 4.69) is 9.88 Å². The first-order chi connectivity index (χ1) is 12.3. The molecule has 1 saturated carbocycles. The molecule has 0 aromatic carbocycles. The van der Waals surface area contributed by atoms with Gasteiger partial charge in [0.15, 0.2) is 0 Å². The Morgan fingerprint density at radius 1 is 1.24 bits per heavy atom. The number of fused-ring (bicyclic) bond motifs is 1. The molecule has 136 valence electrons. The third-order valence-corrected chi connectivity index (χ3v) is 5.59. The summed E-state index contributed by atoms with van der Waals surface area (Å²) in [5, 5.41) is 0. The Labute approximate surface area is 148 Å². The van der Waals surface area contributed by atoms with Crippen molar-refractivity contribution in [1.29, 1.82) is 0 Å². The van der Waals surface area contributed by atoms with E-state index >= 15 is 0 Å². The maximum Gasteiger partial charge on any atom is 0.226 e. The van der Waals surface area contributed by atoms with Crippen LogP contribution in [0.2, 0.25) is 0 Å². The summed E-state index contributed by atoms with van der Waals surface area (Å²) in [6.07, 6.45) is 5.48. The third-order valence-electron chi connectivity index (χ3n) is 5.59. The number of ether oxygens (including phenoxy) is 3. The predicted octanol–water partition coefficient (Wildman–Crippen LogP) is 1.89. The summed E-state index contributed by atoms with van der Waals surface area (Å²) in [4.78, 5) is 19.2. The fraction of sp³-hybridized carbons (Fsp3) is 0.684. The predicted molar refractivity (Wildman–Crippen MR) is 91.2 cm³/mol. The molecule has 3 fully saturated rings. The van der Waals surface area contributed by atoms with Crippen molar-refractivity contribution >= 4 is 5.91 Å². The van der Waals surface area contributed by atoms with Gasteiger partial charge in [-0.15, -0.1) is 0 Å². The number of hydrogen-bond acceptors (Lipinski definition) is 5. The lowest BCUT2D eigenvalue weighted by Gasteiger charge is -2.40. The highest BCUT2D eigenvalue weighted by Gasteiger charge is 2.44. The Hall–Kier alpha value is -1.66. The van der Waals surface area contributed by atoms with Crippen LogP contribution in [0.1, 0.15) is 25.7 Å². The second-order valence-corrected chi connectivity index (χ2v) is 7.21. The Kier molecular flexibility index (Phi) is 5.17. The van der Waals surface area contributed by atoms with Gasteiger partial charge in [0.25, 0.3) is 0 Å². The monoisotopic (exact) mass is 346 g/mol. The van der Waals surface area contributed by atoms with Crippen molar-refractivity contribution in [3.8, 4) is 5.88 Å². The topological polar surface area (TPSA) is 60.9 Å². The number of carbonyl (C=O) groups excluding carboxylic acids is 1. The second-order valence-electron chi connectivity index (χ2n) is 7.21. The summed E-state index contributed by atoms with van der Waals surface area (Å²) in [5.41, 5.74) is 0. The zero-order chi connectivity index (χ0) is 17.1. The molecule has 1 aromatic rings. The molecular weight excluding hydrogens is 320 g/mol. The van der Waals surface area contributed by atoms with Crippen LogP contribution in [0.25, 0.3) is 0 Å². The molecule has 2 aliphatic heterocycles. The Balaban J connectivity index is 1.35. The molecule has 0 N–H and O–H groups in total. The number of nitrogens with zero attached hydrogens (tertiary/aromatic N) is 2. The first kappa shape index (κ1) is 16.8. The van der Waals surface area contributed by atoms with Crippen molar-refractivity contribution in [2.75, 3.05) is 33.0 Å². The highest BCUT2D eigenvalue weighted by molar-refractivity contribution is 5.79. The van der Waals surface area contributed by atoms with E-state index in [4.69, 9.17) is 14.2 Å². The summed E-state index contributed by atoms with van der Waals surface area (Å²) in [6, 6.07) is 5.87. The van der Waals surface area contributed by atoms with E-state index in [1.54, 1.807) is 6.20 Å². The molecule has 1 amide bonds. The summed E-state index contributed by atoms with van der Waals surface area (Å²) in [6.45, 7) is 3.40. The number of pyridine rings is 1. The van der Waals surface area contributed by atoms with E-state index < -0.39 is 0 Å². The van der Waals surface area contributed by atoms with Gasteiger partial charge in [-0.2, -0.15) is 0 Å². The number of rotatable bonds is 4. The number of morpholine rings is 1. The van der Waals surface area contributed by atoms with Crippen molar-refractivity contribution in [2.45, 2.75) is 37.8 Å². The Morgan fingerprint density at radius 3 is 2.92 bits per heavy atom. The van der Waals surface area contributed by atoms with Gasteiger partial charge < -0.3 is 19.1 Å². The lowest BCUT2D eigenvalue weighted by Crippen LogP contribution is -2.53. The van der Waals surface area contributed by atoms with Crippen LogP contribution in [0.5, 0.6) is 5.88 Å². The van der Waals surface area contributed by atoms with Gasteiger partial charge in [-0.05, 0) is 37.7 Å². The standard InChI is InChI=1S/C19H26N2O4/c22-19(15-4-8-23-9-5-15)21-7-10-24-17-12-14(11-16(17)21)13-25-18-3-1-2-6-20-18/h1-3,6,14-17H,4-5,7-13H2/t14-,16+,17-/m1/s1. The first-order valence-corrected chi connectivity index (χ1v) is 9.35. The molecule has 3 heterocycles. The van der Waals surface area contributed by atoms with Crippen LogP contribution in [0.4, 0.5) is 0 Å². The third kappa shape index (κ3) is 3.80. The molecule has 3 aliphatic rings. The fourth-order valence-electron chi connectivity index (χ4n) is 4.27. The van der Waals surface area contributed by atoms with Gasteiger partial charge in [-0.3, -0.25) is 4.79 Å². The summed E-state index contributed by atoms with van der Waals surface area (Å²) >= 11 is 0. The van der Waals surface area contributed by atoms with Crippen LogP contribution in [-0.4, -0.2) is 60.9 Å². The minimum atomic E-state index is 0.122. The van der Waals surface area contributed by atoms with Gasteiger partial charge in [0, 0.05) is 37.9 Å². The van der Waals surface area contributed by atoms with Crippen LogP contribution >= 0.6 is 0 Å². The van der Waals surface area contributed by atoms with Gasteiger partial charge in [0.05, 0.1) is 25.4 Å². The molecule has 25 heavy (non-hydrogen) atoms. The second kappa shape index (κ2) is 7.70. The molecule has 6 heteroatoms. The first-order valence-electron chi connectivity index (χ1n) is 9.35. The lowest BCUT2D eigenvalue weighted by molar-refractivity contribution is -0.151. The van der Waals surface area contributed by atoms with Crippen molar-refractivity contribution < 1.29 is 19.0 Å². The largest absolute Gasteiger partial charge is 0.477 e. The molecule has 4 rings (SSSR count). The van der Waals surface area contributed by atoms with Crippen LogP contribution in [0.15, 0.2) is 24.4 Å². The number of carbonyl (C=O) groups is 1. The van der Waals surface area contributed by atoms with Crippen molar-refractivity contribution in [2.24, 2.45) is 11.8 Å². The summed E-state index contributed by atoms with van der Waals surface area (Å²) < 4.78 is 17.2. The highest BCUT2D eigenvalue weighted by atomic mass is 16.5. The fourth-order valence-corrected chi connectivity index (χ4v) is 4.27. The van der Waals surface area contributed by atoms with Crippen LogP contribution < -0.4 is 4.74 Å². The summed E-state index contributed by atoms with van der Waals surface area (Å²) in [7, 11) is 0. The van der Waals surface area contributed by atoms with Crippen LogP contribution in [0, 0.1) is 11.8 Å². The van der Waals surface area contributed by atoms with E-state index in [1.807, 2.05) is 18.2 Å². The van der Waals surface area contributed by atoms with E-state index in [-0.39, 0.29) is 18.1 Å². The highest BCUT2D eigenvalue weighted by Crippen LogP contribution is 2.36. The average Bonchev–Trinajstić information content (AvgIpc) is 3.10. The average molecular weight is 346 g/mol. The zero-order valence-corrected chi connectivity index (χ0v) is 14.5. The van der Waals surface area contributed by atoms with E-state index in [1.165, 1.54) is 0 Å². The number of aromatic nitrogens is 1. The summed E-state index contributed by atoms with van der Waals surface area (Å²) in [5.74, 6) is 1.48. The SMILES string of the molecule is O=C(C1CCOCC1)N1CCO[C@@H]2C[C@H](COc3ccccn3)C[C@@H]21. The molecule has 2 saturated heterocycles. The van der Waals surface area contributed by atoms with Gasteiger partial charge in [0.2, 0.25) is 11.8 Å². The maximum atomic E-state index is 13.0. The lowest BCUT2D eigenvalue weighted by atomic mass is 9.96. The van der Waals surface area contributed by atoms with E-state index in [0.717, 1.165) is 25.7 Å². The van der Waals surface area contributed by atoms with Gasteiger partial charge in [0.1, 0.15) is 0 Å². The quantitative estimate of drug-likeness (QED) is 0.833. The smallest absolute Gasteiger partial charge is 0.226 e. The van der Waals surface area contributed by atoms with Gasteiger partial charge in [-0.25, -0.2) is 4.98 Å². The van der Waals surface area contributed by atoms with Crippen LogP contribution in [0.3, 0.4) is 0 Å². The molecule has 3 atom stereocenters. The van der Waals surface area contributed by atoms with Crippen molar-refractivity contribution in [3.05, 3.63) is 24.4 Å². The van der Waals surface area contributed by atoms with Gasteiger partial charge in [-0.1, -0.05) is 6.07 Å². The van der Waals surface area contributed by atoms with Crippen LogP contribution in [-0.2, 0) is 14.3 Å². The van der Waals surface area contributed by atoms with E-state index in [0.29, 0.717) is 50.7 Å². The Morgan fingerprint density at radius 2 is 2.12 bits per heavy atom. The maximum absolute atomic E-state index is 13.0. The molecule has 6 nitrogen and oxygen atoms in total. The molecule has 1 aromatic heterocycles.